The monoisotopic (exact) mass is 294 g/mol. The zero-order chi connectivity index (χ0) is 12.4. The molecule has 6 heteroatoms. The molecular weight excluding hydrogens is 284 g/mol. The number of aromatic nitrogens is 2. The van der Waals surface area contributed by atoms with Crippen LogP contribution in [-0.4, -0.2) is 20.6 Å². The summed E-state index contributed by atoms with van der Waals surface area (Å²) in [5, 5.41) is 11.7. The highest BCUT2D eigenvalue weighted by Crippen LogP contribution is 2.18. The molecule has 0 amide bonds. The van der Waals surface area contributed by atoms with Crippen LogP contribution >= 0.6 is 15.9 Å². The standard InChI is InChI=1S/C11H11BrN4O/c1-7-5-10(14-6-8(7)12)16-4-2-3-9(16)11(13)15-17/h2-6,17H,1H3,(H2,13,15). The van der Waals surface area contributed by atoms with Crippen molar-refractivity contribution < 1.29 is 5.21 Å². The Balaban J connectivity index is 2.54. The van der Waals surface area contributed by atoms with Gasteiger partial charge in [0.25, 0.3) is 0 Å². The first kappa shape index (κ1) is 11.7. The smallest absolute Gasteiger partial charge is 0.187 e. The van der Waals surface area contributed by atoms with Gasteiger partial charge in [-0.15, -0.1) is 0 Å². The molecule has 2 rings (SSSR count). The molecule has 0 atom stereocenters. The molecule has 0 unspecified atom stereocenters. The van der Waals surface area contributed by atoms with Gasteiger partial charge in [0.2, 0.25) is 0 Å². The lowest BCUT2D eigenvalue weighted by Crippen LogP contribution is -2.17. The van der Waals surface area contributed by atoms with E-state index in [9.17, 15) is 0 Å². The van der Waals surface area contributed by atoms with E-state index in [1.54, 1.807) is 16.8 Å². The first-order chi connectivity index (χ1) is 8.13. The second-order valence-electron chi connectivity index (χ2n) is 3.54. The van der Waals surface area contributed by atoms with Crippen LogP contribution in [0.2, 0.25) is 0 Å². The molecule has 0 bridgehead atoms. The van der Waals surface area contributed by atoms with Crippen LogP contribution in [0.4, 0.5) is 0 Å². The number of pyridine rings is 1. The van der Waals surface area contributed by atoms with Gasteiger partial charge in [0.15, 0.2) is 5.84 Å². The van der Waals surface area contributed by atoms with Gasteiger partial charge < -0.3 is 10.9 Å². The van der Waals surface area contributed by atoms with Crippen LogP contribution in [0.1, 0.15) is 11.3 Å². The highest BCUT2D eigenvalue weighted by molar-refractivity contribution is 9.10. The Morgan fingerprint density at radius 3 is 3.00 bits per heavy atom. The van der Waals surface area contributed by atoms with E-state index in [1.807, 2.05) is 25.3 Å². The van der Waals surface area contributed by atoms with Gasteiger partial charge in [-0.05, 0) is 46.6 Å². The van der Waals surface area contributed by atoms with Crippen molar-refractivity contribution in [1.82, 2.24) is 9.55 Å². The maximum Gasteiger partial charge on any atom is 0.187 e. The summed E-state index contributed by atoms with van der Waals surface area (Å²) >= 11 is 3.39. The van der Waals surface area contributed by atoms with Crippen LogP contribution in [0.15, 0.2) is 40.2 Å². The third kappa shape index (κ3) is 2.16. The van der Waals surface area contributed by atoms with Crippen molar-refractivity contribution in [3.05, 3.63) is 46.3 Å². The third-order valence-corrected chi connectivity index (χ3v) is 3.23. The Bertz CT molecular complexity index is 577. The maximum absolute atomic E-state index is 8.70. The molecule has 0 aliphatic rings. The molecule has 0 aromatic carbocycles. The predicted octanol–water partition coefficient (Wildman–Crippen LogP) is 2.04. The fourth-order valence-electron chi connectivity index (χ4n) is 1.50. The van der Waals surface area contributed by atoms with Crippen LogP contribution < -0.4 is 5.73 Å². The highest BCUT2D eigenvalue weighted by Gasteiger charge is 2.09. The molecule has 0 spiro atoms. The van der Waals surface area contributed by atoms with Crippen molar-refractivity contribution in [2.24, 2.45) is 10.9 Å². The number of amidine groups is 1. The zero-order valence-electron chi connectivity index (χ0n) is 9.13. The fraction of sp³-hybridized carbons (Fsp3) is 0.0909. The second kappa shape index (κ2) is 4.58. The van der Waals surface area contributed by atoms with Crippen molar-refractivity contribution in [1.29, 1.82) is 0 Å². The van der Waals surface area contributed by atoms with E-state index in [1.165, 1.54) is 0 Å². The van der Waals surface area contributed by atoms with E-state index in [0.717, 1.165) is 15.9 Å². The van der Waals surface area contributed by atoms with Crippen LogP contribution in [0.25, 0.3) is 5.82 Å². The lowest BCUT2D eigenvalue weighted by atomic mass is 10.3. The number of aryl methyl sites for hydroxylation is 1. The normalized spacial score (nSPS) is 11.8. The molecule has 0 aliphatic heterocycles. The molecule has 2 aromatic rings. The average Bonchev–Trinajstić information content (AvgIpc) is 2.80. The minimum Gasteiger partial charge on any atom is -0.409 e. The lowest BCUT2D eigenvalue weighted by Gasteiger charge is -2.08. The number of nitrogens with zero attached hydrogens (tertiary/aromatic N) is 3. The molecule has 88 valence electrons. The van der Waals surface area contributed by atoms with E-state index in [0.29, 0.717) is 5.69 Å². The molecule has 3 N–H and O–H groups in total. The minimum atomic E-state index is 0.0531. The van der Waals surface area contributed by atoms with E-state index >= 15 is 0 Å². The zero-order valence-corrected chi connectivity index (χ0v) is 10.7. The van der Waals surface area contributed by atoms with Crippen LogP contribution in [0.3, 0.4) is 0 Å². The predicted molar refractivity (Wildman–Crippen MR) is 68.5 cm³/mol. The third-order valence-electron chi connectivity index (χ3n) is 2.40. The molecule has 0 radical (unpaired) electrons. The van der Waals surface area contributed by atoms with Gasteiger partial charge in [-0.3, -0.25) is 4.57 Å². The molecular formula is C11H11BrN4O. The van der Waals surface area contributed by atoms with Gasteiger partial charge in [-0.25, -0.2) is 4.98 Å². The van der Waals surface area contributed by atoms with Crippen molar-refractivity contribution in [2.45, 2.75) is 6.92 Å². The second-order valence-corrected chi connectivity index (χ2v) is 4.39. The van der Waals surface area contributed by atoms with Crippen molar-refractivity contribution >= 4 is 21.8 Å². The Morgan fingerprint density at radius 2 is 2.35 bits per heavy atom. The van der Waals surface area contributed by atoms with Gasteiger partial charge >= 0.3 is 0 Å². The average molecular weight is 295 g/mol. The SMILES string of the molecule is Cc1cc(-n2cccc2/C(N)=N/O)ncc1Br. The molecule has 0 saturated carbocycles. The van der Waals surface area contributed by atoms with Gasteiger partial charge in [-0.1, -0.05) is 5.16 Å². The summed E-state index contributed by atoms with van der Waals surface area (Å²) in [6.07, 6.45) is 3.53. The summed E-state index contributed by atoms with van der Waals surface area (Å²) in [5.74, 6) is 0.773. The van der Waals surface area contributed by atoms with Crippen LogP contribution in [-0.2, 0) is 0 Å². The van der Waals surface area contributed by atoms with Crippen molar-refractivity contribution in [2.75, 3.05) is 0 Å². The Kier molecular flexibility index (Phi) is 3.14. The Morgan fingerprint density at radius 1 is 1.59 bits per heavy atom. The van der Waals surface area contributed by atoms with Crippen LogP contribution in [0, 0.1) is 6.92 Å². The fourth-order valence-corrected chi connectivity index (χ4v) is 1.71. The topological polar surface area (TPSA) is 76.4 Å². The number of hydrogen-bond donors (Lipinski definition) is 2. The highest BCUT2D eigenvalue weighted by atomic mass is 79.9. The maximum atomic E-state index is 8.70. The number of hydrogen-bond acceptors (Lipinski definition) is 3. The van der Waals surface area contributed by atoms with Gasteiger partial charge in [-0.2, -0.15) is 0 Å². The van der Waals surface area contributed by atoms with E-state index in [-0.39, 0.29) is 5.84 Å². The summed E-state index contributed by atoms with van der Waals surface area (Å²) in [5.41, 5.74) is 7.25. The molecule has 0 aliphatic carbocycles. The summed E-state index contributed by atoms with van der Waals surface area (Å²) in [4.78, 5) is 4.28. The lowest BCUT2D eigenvalue weighted by molar-refractivity contribution is 0.318. The molecule has 17 heavy (non-hydrogen) atoms. The van der Waals surface area contributed by atoms with E-state index in [4.69, 9.17) is 10.9 Å². The number of halogens is 1. The molecule has 5 nitrogen and oxygen atoms in total. The first-order valence-corrected chi connectivity index (χ1v) is 5.70. The summed E-state index contributed by atoms with van der Waals surface area (Å²) in [6.45, 7) is 1.97. The van der Waals surface area contributed by atoms with Crippen molar-refractivity contribution in [3.8, 4) is 5.82 Å². The Hall–Kier alpha value is -1.82. The van der Waals surface area contributed by atoms with Gasteiger partial charge in [0.05, 0.1) is 5.69 Å². The van der Waals surface area contributed by atoms with Gasteiger partial charge in [0.1, 0.15) is 5.82 Å². The number of oxime groups is 1. The summed E-state index contributed by atoms with van der Waals surface area (Å²) in [6, 6.07) is 5.48. The molecule has 0 saturated heterocycles. The molecule has 0 fully saturated rings. The number of nitrogens with two attached hydrogens (primary N) is 1. The molecule has 2 heterocycles. The largest absolute Gasteiger partial charge is 0.409 e. The van der Waals surface area contributed by atoms with Gasteiger partial charge in [0, 0.05) is 16.9 Å². The summed E-state index contributed by atoms with van der Waals surface area (Å²) < 4.78 is 2.70. The number of rotatable bonds is 2. The van der Waals surface area contributed by atoms with Crippen LogP contribution in [0.5, 0.6) is 0 Å². The molecule has 2 aromatic heterocycles. The Labute approximate surface area is 107 Å². The summed E-state index contributed by atoms with van der Waals surface area (Å²) in [7, 11) is 0. The quantitative estimate of drug-likeness (QED) is 0.385. The van der Waals surface area contributed by atoms with Crippen molar-refractivity contribution in [3.63, 3.8) is 0 Å². The van der Waals surface area contributed by atoms with E-state index < -0.39 is 0 Å². The first-order valence-electron chi connectivity index (χ1n) is 4.91. The van der Waals surface area contributed by atoms with E-state index in [2.05, 4.69) is 26.1 Å². The minimum absolute atomic E-state index is 0.0531.